The highest BCUT2D eigenvalue weighted by molar-refractivity contribution is 9.10. The standard InChI is InChI=1S/C15H16BrNO3/c1-11-6-7-14(20-11)15(19)17(8-9-18)10-12-4-2-3-5-13(12)16/h2-7,18H,8-10H2,1H3. The molecule has 1 N–H and O–H groups in total. The van der Waals surface area contributed by atoms with Crippen LogP contribution in [0, 0.1) is 6.92 Å². The van der Waals surface area contributed by atoms with E-state index in [2.05, 4.69) is 15.9 Å². The minimum absolute atomic E-state index is 0.0874. The summed E-state index contributed by atoms with van der Waals surface area (Å²) in [6.45, 7) is 2.39. The smallest absolute Gasteiger partial charge is 0.289 e. The molecule has 4 nitrogen and oxygen atoms in total. The molecule has 0 aliphatic carbocycles. The van der Waals surface area contributed by atoms with Gasteiger partial charge in [0.15, 0.2) is 5.76 Å². The number of benzene rings is 1. The van der Waals surface area contributed by atoms with Gasteiger partial charge in [-0.15, -0.1) is 0 Å². The molecule has 1 heterocycles. The second-order valence-corrected chi connectivity index (χ2v) is 5.31. The number of hydrogen-bond donors (Lipinski definition) is 1. The van der Waals surface area contributed by atoms with E-state index >= 15 is 0 Å². The first-order chi connectivity index (χ1) is 9.61. The maximum atomic E-state index is 12.4. The Morgan fingerprint density at radius 1 is 1.30 bits per heavy atom. The van der Waals surface area contributed by atoms with Gasteiger partial charge in [0.2, 0.25) is 0 Å². The molecule has 0 saturated carbocycles. The molecule has 0 saturated heterocycles. The summed E-state index contributed by atoms with van der Waals surface area (Å²) < 4.78 is 6.29. The Morgan fingerprint density at radius 2 is 2.05 bits per heavy atom. The number of halogens is 1. The summed E-state index contributed by atoms with van der Waals surface area (Å²) in [5, 5.41) is 9.15. The van der Waals surface area contributed by atoms with E-state index in [9.17, 15) is 4.79 Å². The Balaban J connectivity index is 2.19. The maximum Gasteiger partial charge on any atom is 0.289 e. The second-order valence-electron chi connectivity index (χ2n) is 4.45. The molecule has 1 amide bonds. The van der Waals surface area contributed by atoms with Gasteiger partial charge in [-0.3, -0.25) is 4.79 Å². The van der Waals surface area contributed by atoms with E-state index in [0.29, 0.717) is 18.1 Å². The molecular formula is C15H16BrNO3. The van der Waals surface area contributed by atoms with Crippen LogP contribution in [0.5, 0.6) is 0 Å². The fraction of sp³-hybridized carbons (Fsp3) is 0.267. The van der Waals surface area contributed by atoms with Crippen LogP contribution in [0.1, 0.15) is 21.9 Å². The molecule has 106 valence electrons. The number of carbonyl (C=O) groups excluding carboxylic acids is 1. The van der Waals surface area contributed by atoms with Crippen LogP contribution < -0.4 is 0 Å². The van der Waals surface area contributed by atoms with Gasteiger partial charge in [-0.05, 0) is 30.7 Å². The Morgan fingerprint density at radius 3 is 2.65 bits per heavy atom. The topological polar surface area (TPSA) is 53.7 Å². The minimum Gasteiger partial charge on any atom is -0.456 e. The predicted octanol–water partition coefficient (Wildman–Crippen LogP) is 2.99. The molecule has 0 fully saturated rings. The van der Waals surface area contributed by atoms with Crippen LogP contribution >= 0.6 is 15.9 Å². The zero-order valence-corrected chi connectivity index (χ0v) is 12.8. The molecule has 0 radical (unpaired) electrons. The van der Waals surface area contributed by atoms with Crippen molar-refractivity contribution in [1.29, 1.82) is 0 Å². The van der Waals surface area contributed by atoms with Crippen LogP contribution in [0.15, 0.2) is 45.3 Å². The third kappa shape index (κ3) is 3.49. The van der Waals surface area contributed by atoms with Gasteiger partial charge in [-0.2, -0.15) is 0 Å². The van der Waals surface area contributed by atoms with Crippen molar-refractivity contribution < 1.29 is 14.3 Å². The molecule has 0 aliphatic rings. The number of rotatable bonds is 5. The van der Waals surface area contributed by atoms with Gasteiger partial charge in [-0.1, -0.05) is 34.1 Å². The van der Waals surface area contributed by atoms with Gasteiger partial charge in [-0.25, -0.2) is 0 Å². The van der Waals surface area contributed by atoms with Crippen LogP contribution in [0.2, 0.25) is 0 Å². The third-order valence-corrected chi connectivity index (χ3v) is 3.70. The average Bonchev–Trinajstić information content (AvgIpc) is 2.86. The number of amides is 1. The first-order valence-corrected chi connectivity index (χ1v) is 7.11. The normalized spacial score (nSPS) is 10.6. The SMILES string of the molecule is Cc1ccc(C(=O)N(CCO)Cc2ccccc2Br)o1. The first kappa shape index (κ1) is 14.8. The fourth-order valence-corrected chi connectivity index (χ4v) is 2.32. The van der Waals surface area contributed by atoms with Crippen LogP contribution in [-0.2, 0) is 6.54 Å². The molecule has 0 spiro atoms. The molecule has 0 bridgehead atoms. The quantitative estimate of drug-likeness (QED) is 0.912. The van der Waals surface area contributed by atoms with Gasteiger partial charge in [0.25, 0.3) is 5.91 Å². The molecule has 20 heavy (non-hydrogen) atoms. The van der Waals surface area contributed by atoms with Crippen molar-refractivity contribution >= 4 is 21.8 Å². The minimum atomic E-state index is -0.220. The summed E-state index contributed by atoms with van der Waals surface area (Å²) in [6.07, 6.45) is 0. The maximum absolute atomic E-state index is 12.4. The van der Waals surface area contributed by atoms with Crippen LogP contribution in [-0.4, -0.2) is 29.1 Å². The molecule has 0 atom stereocenters. The van der Waals surface area contributed by atoms with Gasteiger partial charge in [0.1, 0.15) is 5.76 Å². The highest BCUT2D eigenvalue weighted by Crippen LogP contribution is 2.19. The van der Waals surface area contributed by atoms with E-state index in [1.165, 1.54) is 0 Å². The lowest BCUT2D eigenvalue weighted by Crippen LogP contribution is -2.33. The van der Waals surface area contributed by atoms with Crippen molar-refractivity contribution in [2.75, 3.05) is 13.2 Å². The third-order valence-electron chi connectivity index (χ3n) is 2.93. The van der Waals surface area contributed by atoms with Gasteiger partial charge in [0, 0.05) is 17.6 Å². The van der Waals surface area contributed by atoms with E-state index in [4.69, 9.17) is 9.52 Å². The Bertz CT molecular complexity index is 594. The molecular weight excluding hydrogens is 322 g/mol. The van der Waals surface area contributed by atoms with Gasteiger partial charge in [0.05, 0.1) is 6.61 Å². The molecule has 2 aromatic rings. The van der Waals surface area contributed by atoms with Crippen molar-refractivity contribution in [3.05, 3.63) is 58.0 Å². The van der Waals surface area contributed by atoms with Gasteiger partial charge < -0.3 is 14.4 Å². The van der Waals surface area contributed by atoms with Crippen molar-refractivity contribution in [3.8, 4) is 0 Å². The Labute approximate surface area is 126 Å². The molecule has 0 unspecified atom stereocenters. The highest BCUT2D eigenvalue weighted by Gasteiger charge is 2.19. The summed E-state index contributed by atoms with van der Waals surface area (Å²) in [5.74, 6) is 0.768. The summed E-state index contributed by atoms with van der Waals surface area (Å²) in [6, 6.07) is 11.1. The van der Waals surface area contributed by atoms with E-state index in [1.54, 1.807) is 24.0 Å². The zero-order valence-electron chi connectivity index (χ0n) is 11.2. The lowest BCUT2D eigenvalue weighted by molar-refractivity contribution is 0.0674. The molecule has 0 aliphatic heterocycles. The molecule has 2 rings (SSSR count). The van der Waals surface area contributed by atoms with Crippen molar-refractivity contribution in [2.45, 2.75) is 13.5 Å². The van der Waals surface area contributed by atoms with Crippen molar-refractivity contribution in [3.63, 3.8) is 0 Å². The Hall–Kier alpha value is -1.59. The lowest BCUT2D eigenvalue weighted by atomic mass is 10.2. The second kappa shape index (κ2) is 6.72. The fourth-order valence-electron chi connectivity index (χ4n) is 1.91. The first-order valence-electron chi connectivity index (χ1n) is 6.32. The van der Waals surface area contributed by atoms with Crippen molar-refractivity contribution in [2.24, 2.45) is 0 Å². The van der Waals surface area contributed by atoms with E-state index < -0.39 is 0 Å². The number of hydrogen-bond acceptors (Lipinski definition) is 3. The van der Waals surface area contributed by atoms with Crippen LogP contribution in [0.25, 0.3) is 0 Å². The van der Waals surface area contributed by atoms with E-state index in [1.807, 2.05) is 24.3 Å². The number of aryl methyl sites for hydroxylation is 1. The number of aliphatic hydroxyl groups excluding tert-OH is 1. The van der Waals surface area contributed by atoms with Crippen molar-refractivity contribution in [1.82, 2.24) is 4.90 Å². The van der Waals surface area contributed by atoms with Crippen LogP contribution in [0.4, 0.5) is 0 Å². The largest absolute Gasteiger partial charge is 0.456 e. The summed E-state index contributed by atoms with van der Waals surface area (Å²) >= 11 is 3.46. The predicted molar refractivity (Wildman–Crippen MR) is 79.4 cm³/mol. The number of furan rings is 1. The van der Waals surface area contributed by atoms with Crippen LogP contribution in [0.3, 0.4) is 0 Å². The Kier molecular flexibility index (Phi) is 4.98. The highest BCUT2D eigenvalue weighted by atomic mass is 79.9. The monoisotopic (exact) mass is 337 g/mol. The van der Waals surface area contributed by atoms with E-state index in [0.717, 1.165) is 10.0 Å². The zero-order chi connectivity index (χ0) is 14.5. The summed E-state index contributed by atoms with van der Waals surface area (Å²) in [4.78, 5) is 13.9. The van der Waals surface area contributed by atoms with E-state index in [-0.39, 0.29) is 19.1 Å². The average molecular weight is 338 g/mol. The number of nitrogens with zero attached hydrogens (tertiary/aromatic N) is 1. The van der Waals surface area contributed by atoms with Gasteiger partial charge >= 0.3 is 0 Å². The number of carbonyl (C=O) groups is 1. The summed E-state index contributed by atoms with van der Waals surface area (Å²) in [5.41, 5.74) is 0.984. The molecule has 1 aromatic carbocycles. The lowest BCUT2D eigenvalue weighted by Gasteiger charge is -2.21. The molecule has 5 heteroatoms. The number of aliphatic hydroxyl groups is 1. The summed E-state index contributed by atoms with van der Waals surface area (Å²) in [7, 11) is 0. The molecule has 1 aromatic heterocycles.